The van der Waals surface area contributed by atoms with Crippen LogP contribution in [0, 0.1) is 11.8 Å². The van der Waals surface area contributed by atoms with Crippen molar-refractivity contribution in [2.24, 2.45) is 11.8 Å². The van der Waals surface area contributed by atoms with E-state index in [0.29, 0.717) is 39.0 Å². The second kappa shape index (κ2) is 7.59. The maximum atomic E-state index is 12.8. The smallest absolute Gasteiger partial charge is 0.226 e. The second-order valence-electron chi connectivity index (χ2n) is 6.46. The van der Waals surface area contributed by atoms with Gasteiger partial charge in [0.1, 0.15) is 5.75 Å². The van der Waals surface area contributed by atoms with Crippen molar-refractivity contribution in [1.29, 1.82) is 0 Å². The lowest BCUT2D eigenvalue weighted by atomic mass is 9.82. The number of benzene rings is 1. The van der Waals surface area contributed by atoms with Gasteiger partial charge in [-0.25, -0.2) is 0 Å². The van der Waals surface area contributed by atoms with Gasteiger partial charge in [0.25, 0.3) is 0 Å². The van der Waals surface area contributed by atoms with Gasteiger partial charge in [0.2, 0.25) is 5.91 Å². The molecule has 3 rings (SSSR count). The highest BCUT2D eigenvalue weighted by Gasteiger charge is 2.34. The zero-order valence-electron chi connectivity index (χ0n) is 14.4. The van der Waals surface area contributed by atoms with E-state index in [9.17, 15) is 14.7 Å². The number of carboxylic acid groups (broad SMARTS) is 1. The third-order valence-electron chi connectivity index (χ3n) is 5.07. The highest BCUT2D eigenvalue weighted by Crippen LogP contribution is 2.30. The maximum absolute atomic E-state index is 12.8. The van der Waals surface area contributed by atoms with E-state index in [2.05, 4.69) is 4.90 Å². The van der Waals surface area contributed by atoms with Crippen LogP contribution >= 0.6 is 0 Å². The first-order valence-corrected chi connectivity index (χ1v) is 8.64. The minimum Gasteiger partial charge on any atom is -0.550 e. The Balaban J connectivity index is 1.64. The Hall–Kier alpha value is -2.50. The van der Waals surface area contributed by atoms with Crippen LogP contribution in [0.5, 0.6) is 5.75 Å². The fourth-order valence-corrected chi connectivity index (χ4v) is 3.64. The molecular weight excluding hydrogens is 320 g/mol. The van der Waals surface area contributed by atoms with E-state index in [1.807, 2.05) is 36.4 Å². The Bertz CT molecular complexity index is 665. The molecule has 0 saturated carbocycles. The molecule has 1 aliphatic heterocycles. The van der Waals surface area contributed by atoms with Crippen LogP contribution in [0.1, 0.15) is 12.8 Å². The van der Waals surface area contributed by atoms with Gasteiger partial charge in [0.15, 0.2) is 0 Å². The number of para-hydroxylation sites is 2. The molecule has 0 N–H and O–H groups in total. The molecule has 0 bridgehead atoms. The Morgan fingerprint density at radius 2 is 1.68 bits per heavy atom. The molecule has 1 aromatic carbocycles. The maximum Gasteiger partial charge on any atom is 0.226 e. The molecule has 1 aromatic rings. The summed E-state index contributed by atoms with van der Waals surface area (Å²) < 4.78 is 5.41. The van der Waals surface area contributed by atoms with Crippen LogP contribution in [0.2, 0.25) is 0 Å². The zero-order valence-corrected chi connectivity index (χ0v) is 14.4. The number of carbonyl (C=O) groups excluding carboxylic acids is 2. The normalized spacial score (nSPS) is 23.4. The van der Waals surface area contributed by atoms with Gasteiger partial charge in [-0.05, 0) is 25.0 Å². The fourth-order valence-electron chi connectivity index (χ4n) is 3.64. The number of methoxy groups -OCH3 is 1. The summed E-state index contributed by atoms with van der Waals surface area (Å²) in [4.78, 5) is 28.1. The number of nitrogens with zero attached hydrogens (tertiary/aromatic N) is 2. The average molecular weight is 343 g/mol. The van der Waals surface area contributed by atoms with E-state index in [1.165, 1.54) is 0 Å². The van der Waals surface area contributed by atoms with Gasteiger partial charge in [-0.3, -0.25) is 4.79 Å². The average Bonchev–Trinajstić information content (AvgIpc) is 2.67. The van der Waals surface area contributed by atoms with Gasteiger partial charge >= 0.3 is 0 Å². The molecule has 1 aliphatic carbocycles. The molecule has 25 heavy (non-hydrogen) atoms. The van der Waals surface area contributed by atoms with Gasteiger partial charge in [0.05, 0.1) is 12.8 Å². The van der Waals surface area contributed by atoms with Crippen molar-refractivity contribution in [1.82, 2.24) is 4.90 Å². The molecule has 6 nitrogen and oxygen atoms in total. The predicted octanol–water partition coefficient (Wildman–Crippen LogP) is 0.676. The first-order chi connectivity index (χ1) is 12.1. The molecule has 0 aromatic heterocycles. The molecular formula is C19H23N2O4-. The minimum atomic E-state index is -1.13. The van der Waals surface area contributed by atoms with Crippen molar-refractivity contribution in [3.63, 3.8) is 0 Å². The number of piperazine rings is 1. The van der Waals surface area contributed by atoms with E-state index in [0.717, 1.165) is 11.4 Å². The molecule has 2 atom stereocenters. The van der Waals surface area contributed by atoms with Crippen LogP contribution in [-0.2, 0) is 9.59 Å². The zero-order chi connectivity index (χ0) is 17.8. The van der Waals surface area contributed by atoms with Gasteiger partial charge in [-0.1, -0.05) is 24.3 Å². The molecule has 1 amide bonds. The monoisotopic (exact) mass is 343 g/mol. The van der Waals surface area contributed by atoms with E-state index in [-0.39, 0.29) is 5.91 Å². The molecule has 2 unspecified atom stereocenters. The summed E-state index contributed by atoms with van der Waals surface area (Å²) in [6, 6.07) is 7.83. The Morgan fingerprint density at radius 1 is 1.04 bits per heavy atom. The second-order valence-corrected chi connectivity index (χ2v) is 6.46. The summed E-state index contributed by atoms with van der Waals surface area (Å²) in [6.45, 7) is 2.56. The summed E-state index contributed by atoms with van der Waals surface area (Å²) in [5.74, 6) is -1.61. The molecule has 0 spiro atoms. The predicted molar refractivity (Wildman–Crippen MR) is 92.1 cm³/mol. The largest absolute Gasteiger partial charge is 0.550 e. The van der Waals surface area contributed by atoms with Crippen molar-refractivity contribution in [3.8, 4) is 5.75 Å². The van der Waals surface area contributed by atoms with Crippen molar-refractivity contribution < 1.29 is 19.4 Å². The number of carboxylic acids is 1. The van der Waals surface area contributed by atoms with E-state index in [4.69, 9.17) is 4.74 Å². The van der Waals surface area contributed by atoms with Crippen LogP contribution in [0.4, 0.5) is 5.69 Å². The standard InChI is InChI=1S/C19H24N2O4/c1-25-17-9-5-4-8-16(17)20-10-12-21(13-11-20)18(22)14-6-2-3-7-15(14)19(23)24/h2-5,8-9,14-15H,6-7,10-13H2,1H3,(H,23,24)/p-1. The Kier molecular flexibility index (Phi) is 5.26. The summed E-state index contributed by atoms with van der Waals surface area (Å²) >= 11 is 0. The number of hydrogen-bond acceptors (Lipinski definition) is 5. The Morgan fingerprint density at radius 3 is 2.32 bits per heavy atom. The number of allylic oxidation sites excluding steroid dienone is 2. The topological polar surface area (TPSA) is 72.9 Å². The van der Waals surface area contributed by atoms with Crippen LogP contribution in [0.3, 0.4) is 0 Å². The van der Waals surface area contributed by atoms with E-state index in [1.54, 1.807) is 12.0 Å². The number of aliphatic carboxylic acids is 1. The first-order valence-electron chi connectivity index (χ1n) is 8.64. The summed E-state index contributed by atoms with van der Waals surface area (Å²) in [7, 11) is 1.65. The lowest BCUT2D eigenvalue weighted by Crippen LogP contribution is -2.52. The highest BCUT2D eigenvalue weighted by atomic mass is 16.5. The number of hydrogen-bond donors (Lipinski definition) is 0. The molecule has 0 radical (unpaired) electrons. The van der Waals surface area contributed by atoms with Crippen LogP contribution in [0.15, 0.2) is 36.4 Å². The SMILES string of the molecule is COc1ccccc1N1CCN(C(=O)C2CC=CCC2C(=O)[O-])CC1. The van der Waals surface area contributed by atoms with Gasteiger partial charge in [0, 0.05) is 44.0 Å². The molecule has 1 fully saturated rings. The number of ether oxygens (including phenoxy) is 1. The third kappa shape index (κ3) is 3.62. The summed E-state index contributed by atoms with van der Waals surface area (Å²) in [6.07, 6.45) is 4.57. The van der Waals surface area contributed by atoms with Crippen LogP contribution < -0.4 is 14.7 Å². The molecule has 134 valence electrons. The number of amides is 1. The highest BCUT2D eigenvalue weighted by molar-refractivity contribution is 5.85. The van der Waals surface area contributed by atoms with Crippen molar-refractivity contribution >= 4 is 17.6 Å². The van der Waals surface area contributed by atoms with Gasteiger partial charge < -0.3 is 24.4 Å². The van der Waals surface area contributed by atoms with Crippen molar-refractivity contribution in [2.75, 3.05) is 38.2 Å². The lowest BCUT2D eigenvalue weighted by Gasteiger charge is -2.39. The minimum absolute atomic E-state index is 0.0711. The molecule has 1 saturated heterocycles. The molecule has 2 aliphatic rings. The molecule has 6 heteroatoms. The molecule has 1 heterocycles. The number of rotatable bonds is 4. The van der Waals surface area contributed by atoms with Crippen LogP contribution in [0.25, 0.3) is 0 Å². The fraction of sp³-hybridized carbons (Fsp3) is 0.474. The van der Waals surface area contributed by atoms with Crippen LogP contribution in [-0.4, -0.2) is 50.1 Å². The van der Waals surface area contributed by atoms with E-state index < -0.39 is 17.8 Å². The summed E-state index contributed by atoms with van der Waals surface area (Å²) in [5.41, 5.74) is 1.02. The van der Waals surface area contributed by atoms with Crippen molar-refractivity contribution in [2.45, 2.75) is 12.8 Å². The first kappa shape index (κ1) is 17.3. The van der Waals surface area contributed by atoms with Gasteiger partial charge in [-0.2, -0.15) is 0 Å². The lowest BCUT2D eigenvalue weighted by molar-refractivity contribution is -0.313. The number of anilines is 1. The summed E-state index contributed by atoms with van der Waals surface area (Å²) in [5, 5.41) is 11.3. The Labute approximate surface area is 147 Å². The van der Waals surface area contributed by atoms with Crippen molar-refractivity contribution in [3.05, 3.63) is 36.4 Å². The van der Waals surface area contributed by atoms with Gasteiger partial charge in [-0.15, -0.1) is 0 Å². The number of carbonyl (C=O) groups is 2. The quantitative estimate of drug-likeness (QED) is 0.752. The van der Waals surface area contributed by atoms with E-state index >= 15 is 0 Å². The third-order valence-corrected chi connectivity index (χ3v) is 5.07.